The van der Waals surface area contributed by atoms with Crippen LogP contribution in [0.2, 0.25) is 5.02 Å². The number of quaternary nitrogens is 1. The molecule has 0 unspecified atom stereocenters. The van der Waals surface area contributed by atoms with E-state index in [-0.39, 0.29) is 10.7 Å². The molecular weight excluding hydrogens is 278 g/mol. The Labute approximate surface area is 125 Å². The Kier molecular flexibility index (Phi) is 6.23. The van der Waals surface area contributed by atoms with Crippen molar-refractivity contribution >= 4 is 23.4 Å². The van der Waals surface area contributed by atoms with E-state index in [4.69, 9.17) is 11.6 Å². The Morgan fingerprint density at radius 3 is 2.45 bits per heavy atom. The summed E-state index contributed by atoms with van der Waals surface area (Å²) >= 11 is 5.74. The SMILES string of the molecule is CC(C)[NH+](CCNc1ccc(Cl)c(C(=O)[O-])n1)C(C)C. The van der Waals surface area contributed by atoms with Gasteiger partial charge in [-0.3, -0.25) is 0 Å². The van der Waals surface area contributed by atoms with Gasteiger partial charge in [-0.15, -0.1) is 0 Å². The molecule has 5 nitrogen and oxygen atoms in total. The van der Waals surface area contributed by atoms with Gasteiger partial charge in [0.1, 0.15) is 11.5 Å². The van der Waals surface area contributed by atoms with Gasteiger partial charge in [-0.05, 0) is 39.8 Å². The Bertz CT molecular complexity index is 456. The minimum absolute atomic E-state index is 0.0900. The highest BCUT2D eigenvalue weighted by Gasteiger charge is 2.16. The molecule has 1 heterocycles. The van der Waals surface area contributed by atoms with E-state index in [9.17, 15) is 9.90 Å². The molecule has 1 aromatic rings. The molecule has 0 radical (unpaired) electrons. The van der Waals surface area contributed by atoms with Gasteiger partial charge in [-0.1, -0.05) is 11.6 Å². The van der Waals surface area contributed by atoms with Crippen molar-refractivity contribution in [2.75, 3.05) is 18.4 Å². The van der Waals surface area contributed by atoms with Crippen LogP contribution < -0.4 is 15.3 Å². The van der Waals surface area contributed by atoms with Crippen molar-refractivity contribution in [3.8, 4) is 0 Å². The standard InChI is InChI=1S/C14H22ClN3O2/c1-9(2)18(10(3)4)8-7-16-12-6-5-11(15)13(17-12)14(19)20/h5-6,9-10H,7-8H2,1-4H3,(H,16,17)(H,19,20). The zero-order valence-electron chi connectivity index (χ0n) is 12.4. The highest BCUT2D eigenvalue weighted by atomic mass is 35.5. The topological polar surface area (TPSA) is 69.5 Å². The van der Waals surface area contributed by atoms with Crippen molar-refractivity contribution in [2.24, 2.45) is 0 Å². The van der Waals surface area contributed by atoms with Crippen LogP contribution in [0.4, 0.5) is 5.82 Å². The smallest absolute Gasteiger partial charge is 0.127 e. The molecule has 0 aliphatic heterocycles. The number of halogens is 1. The minimum atomic E-state index is -1.37. The van der Waals surface area contributed by atoms with E-state index in [2.05, 4.69) is 38.0 Å². The first kappa shape index (κ1) is 16.7. The average molecular weight is 300 g/mol. The fraction of sp³-hybridized carbons (Fsp3) is 0.571. The first-order valence-corrected chi connectivity index (χ1v) is 7.18. The fourth-order valence-corrected chi connectivity index (χ4v) is 2.45. The zero-order chi connectivity index (χ0) is 15.3. The molecule has 0 saturated heterocycles. The summed E-state index contributed by atoms with van der Waals surface area (Å²) in [4.78, 5) is 16.3. The number of carbonyl (C=O) groups is 1. The molecule has 112 valence electrons. The van der Waals surface area contributed by atoms with Crippen LogP contribution in [0.25, 0.3) is 0 Å². The number of anilines is 1. The van der Waals surface area contributed by atoms with Crippen LogP contribution in [0.5, 0.6) is 0 Å². The lowest BCUT2D eigenvalue weighted by Crippen LogP contribution is -3.18. The Hall–Kier alpha value is -1.33. The normalized spacial score (nSPS) is 11.4. The van der Waals surface area contributed by atoms with Gasteiger partial charge < -0.3 is 20.1 Å². The third-order valence-corrected chi connectivity index (χ3v) is 3.55. The molecule has 1 rings (SSSR count). The maximum absolute atomic E-state index is 10.8. The van der Waals surface area contributed by atoms with Crippen LogP contribution in [-0.4, -0.2) is 36.1 Å². The molecule has 0 spiro atoms. The van der Waals surface area contributed by atoms with Crippen LogP contribution in [-0.2, 0) is 0 Å². The van der Waals surface area contributed by atoms with E-state index in [1.54, 1.807) is 6.07 Å². The molecule has 0 saturated carbocycles. The van der Waals surface area contributed by atoms with E-state index >= 15 is 0 Å². The lowest BCUT2D eigenvalue weighted by molar-refractivity contribution is -0.940. The van der Waals surface area contributed by atoms with Crippen molar-refractivity contribution < 1.29 is 14.8 Å². The molecule has 20 heavy (non-hydrogen) atoms. The van der Waals surface area contributed by atoms with E-state index in [1.807, 2.05) is 0 Å². The van der Waals surface area contributed by atoms with Crippen molar-refractivity contribution in [1.82, 2.24) is 4.98 Å². The molecule has 0 aromatic carbocycles. The number of carbonyl (C=O) groups excluding carboxylic acids is 1. The van der Waals surface area contributed by atoms with Gasteiger partial charge in [0, 0.05) is 0 Å². The highest BCUT2D eigenvalue weighted by Crippen LogP contribution is 2.15. The third kappa shape index (κ3) is 4.65. The molecule has 0 fully saturated rings. The van der Waals surface area contributed by atoms with Crippen molar-refractivity contribution in [3.63, 3.8) is 0 Å². The number of carboxylic acids is 1. The maximum Gasteiger partial charge on any atom is 0.127 e. The predicted octanol–water partition coefficient (Wildman–Crippen LogP) is 0.212. The minimum Gasteiger partial charge on any atom is -0.543 e. The van der Waals surface area contributed by atoms with Crippen LogP contribution >= 0.6 is 11.6 Å². The van der Waals surface area contributed by atoms with Gasteiger partial charge in [0.05, 0.1) is 36.2 Å². The lowest BCUT2D eigenvalue weighted by atomic mass is 10.2. The maximum atomic E-state index is 10.8. The number of rotatable bonds is 7. The van der Waals surface area contributed by atoms with E-state index in [0.717, 1.165) is 6.54 Å². The van der Waals surface area contributed by atoms with Crippen LogP contribution in [0.3, 0.4) is 0 Å². The fourth-order valence-electron chi connectivity index (χ4n) is 2.26. The molecule has 2 N–H and O–H groups in total. The van der Waals surface area contributed by atoms with Gasteiger partial charge in [0.25, 0.3) is 0 Å². The molecule has 0 amide bonds. The molecule has 0 bridgehead atoms. The van der Waals surface area contributed by atoms with Crippen LogP contribution in [0, 0.1) is 0 Å². The van der Waals surface area contributed by atoms with Gasteiger partial charge in [-0.2, -0.15) is 0 Å². The van der Waals surface area contributed by atoms with Gasteiger partial charge in [-0.25, -0.2) is 4.98 Å². The molecule has 6 heteroatoms. The number of pyridine rings is 1. The van der Waals surface area contributed by atoms with E-state index in [1.165, 1.54) is 11.0 Å². The Morgan fingerprint density at radius 1 is 1.35 bits per heavy atom. The summed E-state index contributed by atoms with van der Waals surface area (Å²) in [6.07, 6.45) is 0. The Morgan fingerprint density at radius 2 is 1.95 bits per heavy atom. The number of nitrogens with one attached hydrogen (secondary N) is 2. The second-order valence-corrected chi connectivity index (χ2v) is 5.78. The largest absolute Gasteiger partial charge is 0.543 e. The molecule has 0 aliphatic rings. The van der Waals surface area contributed by atoms with E-state index < -0.39 is 5.97 Å². The zero-order valence-corrected chi connectivity index (χ0v) is 13.1. The Balaban J connectivity index is 2.62. The number of hydrogen-bond donors (Lipinski definition) is 2. The number of hydrogen-bond acceptors (Lipinski definition) is 4. The molecular formula is C14H22ClN3O2. The van der Waals surface area contributed by atoms with Gasteiger partial charge in [0.15, 0.2) is 0 Å². The average Bonchev–Trinajstić information content (AvgIpc) is 2.35. The first-order chi connectivity index (χ1) is 9.32. The second kappa shape index (κ2) is 7.45. The number of aromatic carboxylic acids is 1. The highest BCUT2D eigenvalue weighted by molar-refractivity contribution is 6.33. The van der Waals surface area contributed by atoms with E-state index in [0.29, 0.717) is 24.4 Å². The summed E-state index contributed by atoms with van der Waals surface area (Å²) < 4.78 is 0. The van der Waals surface area contributed by atoms with Crippen LogP contribution in [0.15, 0.2) is 12.1 Å². The van der Waals surface area contributed by atoms with Crippen molar-refractivity contribution in [2.45, 2.75) is 39.8 Å². The quantitative estimate of drug-likeness (QED) is 0.755. The van der Waals surface area contributed by atoms with Gasteiger partial charge >= 0.3 is 0 Å². The first-order valence-electron chi connectivity index (χ1n) is 6.80. The number of nitrogens with zero attached hydrogens (tertiary/aromatic N) is 1. The summed E-state index contributed by atoms with van der Waals surface area (Å²) in [6, 6.07) is 4.25. The summed E-state index contributed by atoms with van der Waals surface area (Å²) in [5.41, 5.74) is -0.228. The molecule has 0 aliphatic carbocycles. The second-order valence-electron chi connectivity index (χ2n) is 5.38. The third-order valence-electron chi connectivity index (χ3n) is 3.24. The molecule has 0 atom stereocenters. The summed E-state index contributed by atoms with van der Waals surface area (Å²) in [5.74, 6) is -0.865. The number of carboxylic acid groups (broad SMARTS) is 1. The van der Waals surface area contributed by atoms with Crippen molar-refractivity contribution in [1.29, 1.82) is 0 Å². The summed E-state index contributed by atoms with van der Waals surface area (Å²) in [6.45, 7) is 10.4. The lowest BCUT2D eigenvalue weighted by Gasteiger charge is -2.27. The summed E-state index contributed by atoms with van der Waals surface area (Å²) in [5, 5.41) is 14.1. The van der Waals surface area contributed by atoms with Gasteiger partial charge in [0.2, 0.25) is 0 Å². The number of aromatic nitrogens is 1. The van der Waals surface area contributed by atoms with Crippen molar-refractivity contribution in [3.05, 3.63) is 22.8 Å². The molecule has 1 aromatic heterocycles. The predicted molar refractivity (Wildman–Crippen MR) is 78.2 cm³/mol. The van der Waals surface area contributed by atoms with Crippen LogP contribution in [0.1, 0.15) is 38.2 Å². The summed E-state index contributed by atoms with van der Waals surface area (Å²) in [7, 11) is 0. The monoisotopic (exact) mass is 299 g/mol.